The van der Waals surface area contributed by atoms with Crippen LogP contribution in [-0.4, -0.2) is 29.3 Å². The predicted molar refractivity (Wildman–Crippen MR) is 86.5 cm³/mol. The molecule has 118 valence electrons. The van der Waals surface area contributed by atoms with Crippen LogP contribution < -0.4 is 5.32 Å². The minimum atomic E-state index is -0.210. The number of rotatable bonds is 4. The first-order valence-electron chi connectivity index (χ1n) is 8.36. The number of hydrogen-bond acceptors (Lipinski definition) is 2. The summed E-state index contributed by atoms with van der Waals surface area (Å²) in [5.74, 6) is -0.0881. The topological polar surface area (TPSA) is 49.4 Å². The van der Waals surface area contributed by atoms with Crippen LogP contribution in [0, 0.1) is 5.92 Å². The fraction of sp³-hybridized carbons (Fsp3) is 0.556. The van der Waals surface area contributed by atoms with Gasteiger partial charge in [0, 0.05) is 24.7 Å². The van der Waals surface area contributed by atoms with E-state index in [0.29, 0.717) is 19.0 Å². The van der Waals surface area contributed by atoms with E-state index in [9.17, 15) is 9.59 Å². The molecule has 22 heavy (non-hydrogen) atoms. The Bertz CT molecular complexity index is 564. The van der Waals surface area contributed by atoms with Crippen molar-refractivity contribution in [1.82, 2.24) is 4.90 Å². The lowest BCUT2D eigenvalue weighted by Crippen LogP contribution is -2.35. The van der Waals surface area contributed by atoms with Crippen molar-refractivity contribution >= 4 is 17.5 Å². The number of benzene rings is 1. The van der Waals surface area contributed by atoms with Gasteiger partial charge in [0.15, 0.2) is 0 Å². The van der Waals surface area contributed by atoms with Gasteiger partial charge in [-0.25, -0.2) is 0 Å². The van der Waals surface area contributed by atoms with Crippen LogP contribution >= 0.6 is 0 Å². The maximum absolute atomic E-state index is 12.4. The molecule has 1 aliphatic heterocycles. The Morgan fingerprint density at radius 2 is 2.09 bits per heavy atom. The smallest absolute Gasteiger partial charge is 0.229 e. The molecule has 0 bridgehead atoms. The van der Waals surface area contributed by atoms with E-state index in [2.05, 4.69) is 18.3 Å². The largest absolute Gasteiger partial charge is 0.339 e. The first kappa shape index (κ1) is 15.1. The number of anilines is 1. The second-order valence-corrected chi connectivity index (χ2v) is 6.43. The number of hydrogen-bond donors (Lipinski definition) is 1. The molecule has 1 saturated heterocycles. The Kier molecular flexibility index (Phi) is 4.46. The summed E-state index contributed by atoms with van der Waals surface area (Å²) in [7, 11) is 0. The normalized spacial score (nSPS) is 22.3. The van der Waals surface area contributed by atoms with Crippen LogP contribution in [0.15, 0.2) is 24.3 Å². The quantitative estimate of drug-likeness (QED) is 0.929. The van der Waals surface area contributed by atoms with Crippen molar-refractivity contribution in [2.45, 2.75) is 51.5 Å². The fourth-order valence-electron chi connectivity index (χ4n) is 3.59. The molecule has 1 saturated carbocycles. The first-order chi connectivity index (χ1) is 10.7. The number of amides is 2. The molecule has 4 nitrogen and oxygen atoms in total. The van der Waals surface area contributed by atoms with Crippen molar-refractivity contribution in [2.75, 3.05) is 11.9 Å². The number of carbonyl (C=O) groups is 2. The Morgan fingerprint density at radius 1 is 1.32 bits per heavy atom. The predicted octanol–water partition coefficient (Wildman–Crippen LogP) is 2.98. The van der Waals surface area contributed by atoms with Crippen molar-refractivity contribution in [3.8, 4) is 0 Å². The van der Waals surface area contributed by atoms with E-state index in [1.165, 1.54) is 18.4 Å². The molecule has 2 fully saturated rings. The van der Waals surface area contributed by atoms with Crippen LogP contribution in [0.1, 0.15) is 44.6 Å². The lowest BCUT2D eigenvalue weighted by molar-refractivity contribution is -0.129. The third-order valence-electron chi connectivity index (χ3n) is 4.90. The van der Waals surface area contributed by atoms with E-state index in [4.69, 9.17) is 0 Å². The maximum Gasteiger partial charge on any atom is 0.229 e. The molecule has 2 aliphatic rings. The van der Waals surface area contributed by atoms with Crippen molar-refractivity contribution in [3.63, 3.8) is 0 Å². The van der Waals surface area contributed by atoms with Crippen LogP contribution in [-0.2, 0) is 16.0 Å². The third-order valence-corrected chi connectivity index (χ3v) is 4.90. The number of carbonyl (C=O) groups excluding carboxylic acids is 2. The van der Waals surface area contributed by atoms with Crippen molar-refractivity contribution in [2.24, 2.45) is 5.92 Å². The van der Waals surface area contributed by atoms with Crippen LogP contribution in [0.25, 0.3) is 0 Å². The molecule has 4 heteroatoms. The molecule has 0 aromatic heterocycles. The maximum atomic E-state index is 12.4. The molecule has 1 atom stereocenters. The molecule has 0 radical (unpaired) electrons. The first-order valence-corrected chi connectivity index (χ1v) is 8.36. The highest BCUT2D eigenvalue weighted by Gasteiger charge is 2.38. The zero-order valence-corrected chi connectivity index (χ0v) is 13.2. The Morgan fingerprint density at radius 3 is 2.82 bits per heavy atom. The van der Waals surface area contributed by atoms with Gasteiger partial charge in [0.2, 0.25) is 11.8 Å². The van der Waals surface area contributed by atoms with Gasteiger partial charge in [-0.3, -0.25) is 9.59 Å². The second-order valence-electron chi connectivity index (χ2n) is 6.43. The molecule has 1 N–H and O–H groups in total. The zero-order chi connectivity index (χ0) is 15.5. The summed E-state index contributed by atoms with van der Waals surface area (Å²) in [5, 5.41) is 2.97. The van der Waals surface area contributed by atoms with Gasteiger partial charge in [-0.2, -0.15) is 0 Å². The molecule has 1 aliphatic carbocycles. The molecule has 1 aromatic rings. The summed E-state index contributed by atoms with van der Waals surface area (Å²) in [6.45, 7) is 2.68. The van der Waals surface area contributed by atoms with Crippen LogP contribution in [0.5, 0.6) is 0 Å². The highest BCUT2D eigenvalue weighted by molar-refractivity contribution is 5.97. The summed E-state index contributed by atoms with van der Waals surface area (Å²) in [4.78, 5) is 26.5. The summed E-state index contributed by atoms with van der Waals surface area (Å²) in [5.41, 5.74) is 2.03. The summed E-state index contributed by atoms with van der Waals surface area (Å²) in [6, 6.07) is 8.29. The van der Waals surface area contributed by atoms with E-state index in [1.807, 2.05) is 23.1 Å². The lowest BCUT2D eigenvalue weighted by Gasteiger charge is -2.23. The van der Waals surface area contributed by atoms with Gasteiger partial charge >= 0.3 is 0 Å². The SMILES string of the molecule is CCc1cccc(NC(=O)C2CC(=O)N(C3CCCC3)C2)c1. The molecule has 0 spiro atoms. The van der Waals surface area contributed by atoms with E-state index in [0.717, 1.165) is 24.9 Å². The molecular formula is C18H24N2O2. The Hall–Kier alpha value is -1.84. The van der Waals surface area contributed by atoms with E-state index >= 15 is 0 Å². The molecular weight excluding hydrogens is 276 g/mol. The van der Waals surface area contributed by atoms with Crippen molar-refractivity contribution < 1.29 is 9.59 Å². The van der Waals surface area contributed by atoms with Gasteiger partial charge in [0.25, 0.3) is 0 Å². The fourth-order valence-corrected chi connectivity index (χ4v) is 3.59. The average molecular weight is 300 g/mol. The van der Waals surface area contributed by atoms with Gasteiger partial charge in [-0.1, -0.05) is 31.9 Å². The van der Waals surface area contributed by atoms with Gasteiger partial charge in [-0.15, -0.1) is 0 Å². The van der Waals surface area contributed by atoms with E-state index < -0.39 is 0 Å². The van der Waals surface area contributed by atoms with Crippen molar-refractivity contribution in [1.29, 1.82) is 0 Å². The lowest BCUT2D eigenvalue weighted by atomic mass is 10.1. The molecule has 1 heterocycles. The van der Waals surface area contributed by atoms with Crippen molar-refractivity contribution in [3.05, 3.63) is 29.8 Å². The monoisotopic (exact) mass is 300 g/mol. The molecule has 1 aromatic carbocycles. The standard InChI is InChI=1S/C18H24N2O2/c1-2-13-6-5-7-15(10-13)19-18(22)14-11-17(21)20(12-14)16-8-3-4-9-16/h5-7,10,14,16H,2-4,8-9,11-12H2,1H3,(H,19,22). The zero-order valence-electron chi connectivity index (χ0n) is 13.2. The average Bonchev–Trinajstić information content (AvgIpc) is 3.16. The van der Waals surface area contributed by atoms with Gasteiger partial charge in [0.05, 0.1) is 5.92 Å². The van der Waals surface area contributed by atoms with E-state index in [1.54, 1.807) is 0 Å². The number of nitrogens with one attached hydrogen (secondary N) is 1. The Labute approximate surface area is 131 Å². The van der Waals surface area contributed by atoms with Gasteiger partial charge in [0.1, 0.15) is 0 Å². The number of nitrogens with zero attached hydrogens (tertiary/aromatic N) is 1. The van der Waals surface area contributed by atoms with Crippen LogP contribution in [0.4, 0.5) is 5.69 Å². The van der Waals surface area contributed by atoms with E-state index in [-0.39, 0.29) is 17.7 Å². The minimum Gasteiger partial charge on any atom is -0.339 e. The number of aryl methyl sites for hydroxylation is 1. The summed E-state index contributed by atoms with van der Waals surface area (Å²) >= 11 is 0. The Balaban J connectivity index is 1.62. The highest BCUT2D eigenvalue weighted by Crippen LogP contribution is 2.30. The minimum absolute atomic E-state index is 0.0258. The molecule has 1 unspecified atom stereocenters. The summed E-state index contributed by atoms with van der Waals surface area (Å²) in [6.07, 6.45) is 5.90. The van der Waals surface area contributed by atoms with Gasteiger partial charge < -0.3 is 10.2 Å². The van der Waals surface area contributed by atoms with Crippen LogP contribution in [0.2, 0.25) is 0 Å². The third kappa shape index (κ3) is 3.16. The highest BCUT2D eigenvalue weighted by atomic mass is 16.2. The second kappa shape index (κ2) is 6.51. The molecule has 3 rings (SSSR count). The summed E-state index contributed by atoms with van der Waals surface area (Å²) < 4.78 is 0. The van der Waals surface area contributed by atoms with Gasteiger partial charge in [-0.05, 0) is 37.0 Å². The molecule has 2 amide bonds. The van der Waals surface area contributed by atoms with Crippen LogP contribution in [0.3, 0.4) is 0 Å². The number of likely N-dealkylation sites (tertiary alicyclic amines) is 1.